The molecule has 1 aromatic heterocycles. The van der Waals surface area contributed by atoms with Crippen molar-refractivity contribution in [3.63, 3.8) is 0 Å². The molecule has 0 amide bonds. The second kappa shape index (κ2) is 6.36. The molecule has 1 heterocycles. The van der Waals surface area contributed by atoms with Crippen molar-refractivity contribution in [3.05, 3.63) is 40.1 Å². The smallest absolute Gasteiger partial charge is 0.263 e. The van der Waals surface area contributed by atoms with E-state index in [2.05, 4.69) is 36.7 Å². The van der Waals surface area contributed by atoms with E-state index in [9.17, 15) is 0 Å². The Morgan fingerprint density at radius 2 is 2.22 bits per heavy atom. The van der Waals surface area contributed by atoms with Crippen LogP contribution in [0.15, 0.2) is 33.8 Å². The summed E-state index contributed by atoms with van der Waals surface area (Å²) in [5.74, 6) is 6.67. The van der Waals surface area contributed by atoms with Crippen LogP contribution < -0.4 is 11.3 Å². The van der Waals surface area contributed by atoms with Gasteiger partial charge < -0.3 is 5.84 Å². The van der Waals surface area contributed by atoms with Gasteiger partial charge in [0.1, 0.15) is 0 Å². The van der Waals surface area contributed by atoms with E-state index in [1.807, 2.05) is 24.3 Å². The van der Waals surface area contributed by atoms with Crippen LogP contribution in [-0.2, 0) is 0 Å². The number of hydrogen-bond donors (Lipinski definition) is 2. The van der Waals surface area contributed by atoms with E-state index in [4.69, 9.17) is 5.84 Å². The van der Waals surface area contributed by atoms with Crippen LogP contribution in [0, 0.1) is 6.92 Å². The first-order chi connectivity index (χ1) is 8.16. The third-order valence-electron chi connectivity index (χ3n) is 2.09. The van der Waals surface area contributed by atoms with Gasteiger partial charge in [-0.15, -0.1) is 22.6 Å². The minimum absolute atomic E-state index is 0. The Balaban J connectivity index is 0.00000162. The number of anilines is 1. The van der Waals surface area contributed by atoms with Gasteiger partial charge in [0.2, 0.25) is 0 Å². The summed E-state index contributed by atoms with van der Waals surface area (Å²) in [4.78, 5) is 0. The van der Waals surface area contributed by atoms with Crippen LogP contribution in [0.2, 0.25) is 0 Å². The number of hydrazone groups is 1. The van der Waals surface area contributed by atoms with Gasteiger partial charge >= 0.3 is 0 Å². The molecule has 0 bridgehead atoms. The monoisotopic (exact) mass is 330 g/mol. The Morgan fingerprint density at radius 1 is 1.44 bits per heavy atom. The summed E-state index contributed by atoms with van der Waals surface area (Å²) < 4.78 is 2.33. The molecule has 0 radical (unpaired) electrons. The first-order valence-electron chi connectivity index (χ1n) is 4.88. The largest absolute Gasteiger partial charge is 0.335 e. The van der Waals surface area contributed by atoms with Gasteiger partial charge in [0.05, 0.1) is 6.21 Å². The molecule has 3 N–H and O–H groups in total. The molecule has 8 heteroatoms. The van der Waals surface area contributed by atoms with Crippen molar-refractivity contribution in [2.24, 2.45) is 5.10 Å². The van der Waals surface area contributed by atoms with Crippen molar-refractivity contribution >= 4 is 40.5 Å². The van der Waals surface area contributed by atoms with Gasteiger partial charge in [-0.2, -0.15) is 5.10 Å². The van der Waals surface area contributed by atoms with E-state index in [0.29, 0.717) is 11.8 Å². The van der Waals surface area contributed by atoms with Gasteiger partial charge in [-0.25, -0.2) is 10.1 Å². The summed E-state index contributed by atoms with van der Waals surface area (Å²) in [6, 6.07) is 7.77. The molecule has 96 valence electrons. The molecule has 18 heavy (non-hydrogen) atoms. The number of nitrogen functional groups attached to an aromatic ring is 1. The molecular formula is C10H12BrClN6. The molecule has 0 saturated heterocycles. The van der Waals surface area contributed by atoms with Crippen LogP contribution in [-0.4, -0.2) is 21.1 Å². The first-order valence-corrected chi connectivity index (χ1v) is 5.68. The summed E-state index contributed by atoms with van der Waals surface area (Å²) >= 11 is 3.39. The van der Waals surface area contributed by atoms with Gasteiger partial charge in [-0.1, -0.05) is 28.1 Å². The maximum absolute atomic E-state index is 5.65. The van der Waals surface area contributed by atoms with E-state index in [-0.39, 0.29) is 12.4 Å². The number of halogens is 2. The second-order valence-corrected chi connectivity index (χ2v) is 4.28. The van der Waals surface area contributed by atoms with Crippen molar-refractivity contribution in [3.8, 4) is 0 Å². The van der Waals surface area contributed by atoms with Gasteiger partial charge in [0, 0.05) is 4.47 Å². The topological polar surface area (TPSA) is 81.1 Å². The molecule has 0 aliphatic heterocycles. The lowest BCUT2D eigenvalue weighted by Gasteiger charge is -1.99. The molecule has 1 aromatic carbocycles. The fraction of sp³-hybridized carbons (Fsp3) is 0.100. The summed E-state index contributed by atoms with van der Waals surface area (Å²) in [5, 5.41) is 11.6. The Bertz CT molecular complexity index is 553. The number of hydrogen-bond acceptors (Lipinski definition) is 5. The predicted molar refractivity (Wildman–Crippen MR) is 77.5 cm³/mol. The van der Waals surface area contributed by atoms with Crippen LogP contribution in [0.4, 0.5) is 5.95 Å². The molecule has 0 saturated carbocycles. The molecule has 6 nitrogen and oxygen atoms in total. The van der Waals surface area contributed by atoms with Gasteiger partial charge in [-0.05, 0) is 24.6 Å². The summed E-state index contributed by atoms with van der Waals surface area (Å²) in [7, 11) is 0. The SMILES string of the molecule is Cc1nnc(NN=Cc2cccc(Br)c2)n1N.Cl. The lowest BCUT2D eigenvalue weighted by molar-refractivity contribution is 0.926. The summed E-state index contributed by atoms with van der Waals surface area (Å²) in [6.07, 6.45) is 1.68. The zero-order valence-electron chi connectivity index (χ0n) is 9.54. The van der Waals surface area contributed by atoms with Crippen molar-refractivity contribution in [2.75, 3.05) is 11.3 Å². The standard InChI is InChI=1S/C10H11BrN6.ClH/c1-7-14-16-10(17(7)12)15-13-6-8-3-2-4-9(11)5-8;/h2-6H,12H2,1H3,(H,15,16);1H. The molecule has 0 spiro atoms. The lowest BCUT2D eigenvalue weighted by Crippen LogP contribution is -2.13. The number of aromatic nitrogens is 3. The second-order valence-electron chi connectivity index (χ2n) is 3.37. The average molecular weight is 332 g/mol. The van der Waals surface area contributed by atoms with Crippen LogP contribution >= 0.6 is 28.3 Å². The van der Waals surface area contributed by atoms with Crippen LogP contribution in [0.1, 0.15) is 11.4 Å². The predicted octanol–water partition coefficient (Wildman–Crippen LogP) is 1.93. The summed E-state index contributed by atoms with van der Waals surface area (Å²) in [5.41, 5.74) is 3.68. The van der Waals surface area contributed by atoms with Crippen molar-refractivity contribution in [1.82, 2.24) is 14.9 Å². The quantitative estimate of drug-likeness (QED) is 0.511. The zero-order chi connectivity index (χ0) is 12.3. The van der Waals surface area contributed by atoms with E-state index >= 15 is 0 Å². The molecule has 0 unspecified atom stereocenters. The fourth-order valence-electron chi connectivity index (χ4n) is 1.20. The highest BCUT2D eigenvalue weighted by Crippen LogP contribution is 2.10. The Kier molecular flexibility index (Phi) is 5.11. The minimum atomic E-state index is 0. The van der Waals surface area contributed by atoms with E-state index < -0.39 is 0 Å². The lowest BCUT2D eigenvalue weighted by atomic mass is 10.2. The average Bonchev–Trinajstić information content (AvgIpc) is 2.61. The van der Waals surface area contributed by atoms with E-state index in [1.165, 1.54) is 4.68 Å². The highest BCUT2D eigenvalue weighted by atomic mass is 79.9. The number of rotatable bonds is 3. The van der Waals surface area contributed by atoms with Crippen molar-refractivity contribution in [2.45, 2.75) is 6.92 Å². The highest BCUT2D eigenvalue weighted by Gasteiger charge is 2.02. The number of nitrogens with one attached hydrogen (secondary N) is 1. The maximum Gasteiger partial charge on any atom is 0.263 e. The fourth-order valence-corrected chi connectivity index (χ4v) is 1.61. The van der Waals surface area contributed by atoms with E-state index in [0.717, 1.165) is 10.0 Å². The molecule has 2 rings (SSSR count). The van der Waals surface area contributed by atoms with Crippen LogP contribution in [0.5, 0.6) is 0 Å². The van der Waals surface area contributed by atoms with E-state index in [1.54, 1.807) is 13.1 Å². The van der Waals surface area contributed by atoms with Crippen LogP contribution in [0.25, 0.3) is 0 Å². The molecular weight excluding hydrogens is 320 g/mol. The minimum Gasteiger partial charge on any atom is -0.335 e. The van der Waals surface area contributed by atoms with Crippen molar-refractivity contribution < 1.29 is 0 Å². The van der Waals surface area contributed by atoms with Crippen LogP contribution in [0.3, 0.4) is 0 Å². The third-order valence-corrected chi connectivity index (χ3v) is 2.59. The molecule has 0 fully saturated rings. The Hall–Kier alpha value is -1.60. The third kappa shape index (κ3) is 3.44. The Labute approximate surface area is 119 Å². The molecule has 0 atom stereocenters. The Morgan fingerprint density at radius 3 is 2.83 bits per heavy atom. The van der Waals surface area contributed by atoms with Gasteiger partial charge in [0.15, 0.2) is 5.82 Å². The number of nitrogens with zero attached hydrogens (tertiary/aromatic N) is 4. The first kappa shape index (κ1) is 14.5. The molecule has 0 aliphatic carbocycles. The van der Waals surface area contributed by atoms with Crippen molar-refractivity contribution in [1.29, 1.82) is 0 Å². The zero-order valence-corrected chi connectivity index (χ0v) is 11.9. The summed E-state index contributed by atoms with van der Waals surface area (Å²) in [6.45, 7) is 1.76. The van der Waals surface area contributed by atoms with Gasteiger partial charge in [0.25, 0.3) is 5.95 Å². The highest BCUT2D eigenvalue weighted by molar-refractivity contribution is 9.10. The van der Waals surface area contributed by atoms with Gasteiger partial charge in [-0.3, -0.25) is 0 Å². The molecule has 2 aromatic rings. The normalized spacial score (nSPS) is 10.3. The number of benzene rings is 1. The number of aryl methyl sites for hydroxylation is 1. The number of nitrogens with two attached hydrogens (primary N) is 1. The maximum atomic E-state index is 5.65. The molecule has 0 aliphatic rings.